The molecule has 0 radical (unpaired) electrons. The Morgan fingerprint density at radius 2 is 0.980 bits per heavy atom. The van der Waals surface area contributed by atoms with Crippen molar-refractivity contribution in [3.8, 4) is 11.5 Å². The number of carbonyl (C=O) groups is 4. The number of phenols is 2. The van der Waals surface area contributed by atoms with Crippen molar-refractivity contribution in [2.24, 2.45) is 0 Å². The molecule has 5 rings (SSSR count). The number of hydrogen-bond acceptors (Lipinski definition) is 8. The quantitative estimate of drug-likeness (QED) is 0.163. The van der Waals surface area contributed by atoms with E-state index in [4.69, 9.17) is 0 Å². The summed E-state index contributed by atoms with van der Waals surface area (Å²) >= 11 is 0. The van der Waals surface area contributed by atoms with Crippen molar-refractivity contribution in [1.82, 2.24) is 9.80 Å². The van der Waals surface area contributed by atoms with E-state index in [1.165, 1.54) is 0 Å². The van der Waals surface area contributed by atoms with Crippen LogP contribution in [0.1, 0.15) is 80.3 Å². The molecule has 1 aliphatic heterocycles. The predicted octanol–water partition coefficient (Wildman–Crippen LogP) is 6.04. The van der Waals surface area contributed by atoms with E-state index < -0.39 is 5.78 Å². The molecule has 1 saturated heterocycles. The van der Waals surface area contributed by atoms with E-state index in [9.17, 15) is 29.4 Å². The Morgan fingerprint density at radius 3 is 1.47 bits per heavy atom. The van der Waals surface area contributed by atoms with E-state index in [0.29, 0.717) is 11.1 Å². The van der Waals surface area contributed by atoms with E-state index in [-0.39, 0.29) is 84.0 Å². The third-order valence-corrected chi connectivity index (χ3v) is 9.62. The van der Waals surface area contributed by atoms with Crippen LogP contribution in [0.25, 0.3) is 0 Å². The average Bonchev–Trinajstić information content (AvgIpc) is 3.15. The summed E-state index contributed by atoms with van der Waals surface area (Å²) in [5.41, 5.74) is 3.33. The molecule has 2 N–H and O–H groups in total. The zero-order chi connectivity index (χ0) is 36.7. The maximum absolute atomic E-state index is 13.8. The van der Waals surface area contributed by atoms with Gasteiger partial charge in [0.05, 0.1) is 16.7 Å². The van der Waals surface area contributed by atoms with E-state index in [0.717, 1.165) is 37.6 Å². The molecule has 266 valence electrons. The van der Waals surface area contributed by atoms with Gasteiger partial charge in [-0.05, 0) is 69.7 Å². The van der Waals surface area contributed by atoms with Crippen LogP contribution in [0.15, 0.2) is 84.9 Å². The van der Waals surface area contributed by atoms with Crippen LogP contribution in [0, 0.1) is 0 Å². The number of amides is 2. The molecule has 1 fully saturated rings. The van der Waals surface area contributed by atoms with Crippen molar-refractivity contribution in [1.29, 1.82) is 0 Å². The Labute approximate surface area is 299 Å². The first-order valence-electron chi connectivity index (χ1n) is 17.6. The summed E-state index contributed by atoms with van der Waals surface area (Å²) in [6.45, 7) is 12.2. The van der Waals surface area contributed by atoms with Gasteiger partial charge in [-0.15, -0.1) is 0 Å². The SMILES string of the molecule is CCN(CC)c1ccc(C(=O)Cc2ccccc2C(=O)N2CCN(C(=O)c3ccccc3C(=O)c3ccc(N(CC)CC)cc3O)CC2)c(O)c1. The van der Waals surface area contributed by atoms with Gasteiger partial charge in [0.15, 0.2) is 11.6 Å². The number of nitrogens with zero attached hydrogens (tertiary/aromatic N) is 4. The Bertz CT molecular complexity index is 1910. The monoisotopic (exact) mass is 690 g/mol. The molecule has 0 atom stereocenters. The van der Waals surface area contributed by atoms with Crippen LogP contribution in [-0.4, -0.2) is 95.8 Å². The molecule has 0 spiro atoms. The minimum absolute atomic E-state index is 0.0584. The minimum Gasteiger partial charge on any atom is -0.507 e. The second-order valence-electron chi connectivity index (χ2n) is 12.5. The van der Waals surface area contributed by atoms with Crippen molar-refractivity contribution in [3.63, 3.8) is 0 Å². The van der Waals surface area contributed by atoms with Crippen molar-refractivity contribution in [2.45, 2.75) is 34.1 Å². The lowest BCUT2D eigenvalue weighted by atomic mass is 9.96. The van der Waals surface area contributed by atoms with Gasteiger partial charge in [0.1, 0.15) is 11.5 Å². The molecule has 1 aliphatic rings. The van der Waals surface area contributed by atoms with Crippen LogP contribution in [0.4, 0.5) is 11.4 Å². The van der Waals surface area contributed by atoms with Crippen molar-refractivity contribution in [3.05, 3.63) is 118 Å². The standard InChI is InChI=1S/C41H46N4O6/c1-5-42(6-2)29-17-19-34(37(47)26-29)36(46)25-28-13-9-10-14-31(28)40(50)44-21-23-45(24-22-44)41(51)33-16-12-11-15-32(33)39(49)35-20-18-30(27-38(35)48)43(7-3)8-4/h9-20,26-27,47-48H,5-8,21-25H2,1-4H3. The second kappa shape index (κ2) is 16.4. The highest BCUT2D eigenvalue weighted by atomic mass is 16.3. The van der Waals surface area contributed by atoms with E-state index >= 15 is 0 Å². The van der Waals surface area contributed by atoms with Gasteiger partial charge in [-0.2, -0.15) is 0 Å². The summed E-state index contributed by atoms with van der Waals surface area (Å²) in [4.78, 5) is 61.9. The van der Waals surface area contributed by atoms with Crippen LogP contribution in [0.2, 0.25) is 0 Å². The average molecular weight is 691 g/mol. The lowest BCUT2D eigenvalue weighted by Crippen LogP contribution is -2.51. The zero-order valence-electron chi connectivity index (χ0n) is 29.8. The highest BCUT2D eigenvalue weighted by Gasteiger charge is 2.29. The van der Waals surface area contributed by atoms with Crippen LogP contribution in [-0.2, 0) is 6.42 Å². The number of hydrogen-bond donors (Lipinski definition) is 2. The van der Waals surface area contributed by atoms with Gasteiger partial charge in [-0.25, -0.2) is 0 Å². The fourth-order valence-electron chi connectivity index (χ4n) is 6.66. The highest BCUT2D eigenvalue weighted by molar-refractivity contribution is 6.16. The maximum atomic E-state index is 13.8. The number of ketones is 2. The molecule has 4 aromatic rings. The van der Waals surface area contributed by atoms with Gasteiger partial charge >= 0.3 is 0 Å². The Balaban J connectivity index is 1.26. The first-order chi connectivity index (χ1) is 24.6. The molecule has 10 heteroatoms. The maximum Gasteiger partial charge on any atom is 0.254 e. The first kappa shape index (κ1) is 36.6. The summed E-state index contributed by atoms with van der Waals surface area (Å²) in [6, 6.07) is 23.5. The molecule has 4 aromatic carbocycles. The van der Waals surface area contributed by atoms with Gasteiger partial charge in [-0.1, -0.05) is 36.4 Å². The fraction of sp³-hybridized carbons (Fsp3) is 0.317. The van der Waals surface area contributed by atoms with Crippen LogP contribution in [0.5, 0.6) is 11.5 Å². The van der Waals surface area contributed by atoms with Gasteiger partial charge in [-0.3, -0.25) is 19.2 Å². The number of phenolic OH excluding ortho intramolecular Hbond substituents is 2. The molecule has 0 unspecified atom stereocenters. The number of anilines is 2. The summed E-state index contributed by atoms with van der Waals surface area (Å²) in [7, 11) is 0. The topological polar surface area (TPSA) is 122 Å². The molecular weight excluding hydrogens is 644 g/mol. The third kappa shape index (κ3) is 7.90. The molecule has 51 heavy (non-hydrogen) atoms. The Kier molecular flexibility index (Phi) is 11.8. The zero-order valence-corrected chi connectivity index (χ0v) is 29.8. The largest absolute Gasteiger partial charge is 0.507 e. The Hall–Kier alpha value is -5.64. The van der Waals surface area contributed by atoms with Crippen molar-refractivity contribution >= 4 is 34.8 Å². The van der Waals surface area contributed by atoms with Gasteiger partial charge in [0, 0.05) is 93.4 Å². The van der Waals surface area contributed by atoms with Crippen LogP contribution in [0.3, 0.4) is 0 Å². The molecular formula is C41H46N4O6. The number of benzene rings is 4. The van der Waals surface area contributed by atoms with E-state index in [2.05, 4.69) is 9.80 Å². The number of carbonyl (C=O) groups excluding carboxylic acids is 4. The minimum atomic E-state index is -0.448. The van der Waals surface area contributed by atoms with Gasteiger partial charge in [0.25, 0.3) is 11.8 Å². The molecule has 0 bridgehead atoms. The number of Topliss-reactive ketones (excluding diaryl/α,β-unsaturated/α-hetero) is 1. The number of aromatic hydroxyl groups is 2. The molecule has 0 aromatic heterocycles. The van der Waals surface area contributed by atoms with Crippen molar-refractivity contribution < 1.29 is 29.4 Å². The summed E-state index contributed by atoms with van der Waals surface area (Å²) in [6.07, 6.45) is -0.0584. The molecule has 2 amide bonds. The highest BCUT2D eigenvalue weighted by Crippen LogP contribution is 2.29. The number of rotatable bonds is 13. The Morgan fingerprint density at radius 1 is 0.549 bits per heavy atom. The van der Waals surface area contributed by atoms with E-state index in [1.807, 2.05) is 33.8 Å². The first-order valence-corrected chi connectivity index (χ1v) is 17.6. The van der Waals surface area contributed by atoms with Crippen LogP contribution < -0.4 is 9.80 Å². The van der Waals surface area contributed by atoms with Gasteiger partial charge < -0.3 is 29.8 Å². The fourth-order valence-corrected chi connectivity index (χ4v) is 6.66. The lowest BCUT2D eigenvalue weighted by molar-refractivity contribution is 0.0534. The third-order valence-electron chi connectivity index (χ3n) is 9.62. The number of piperazine rings is 1. The predicted molar refractivity (Wildman–Crippen MR) is 199 cm³/mol. The van der Waals surface area contributed by atoms with E-state index in [1.54, 1.807) is 88.7 Å². The lowest BCUT2D eigenvalue weighted by Gasteiger charge is -2.35. The second-order valence-corrected chi connectivity index (χ2v) is 12.5. The smallest absolute Gasteiger partial charge is 0.254 e. The van der Waals surface area contributed by atoms with Gasteiger partial charge in [0.2, 0.25) is 0 Å². The molecule has 0 saturated carbocycles. The molecule has 10 nitrogen and oxygen atoms in total. The van der Waals surface area contributed by atoms with Crippen molar-refractivity contribution in [2.75, 3.05) is 62.2 Å². The molecule has 1 heterocycles. The van der Waals surface area contributed by atoms with Crippen LogP contribution >= 0.6 is 0 Å². The normalized spacial score (nSPS) is 12.8. The summed E-state index contributed by atoms with van der Waals surface area (Å²) in [5, 5.41) is 21.5. The molecule has 0 aliphatic carbocycles. The summed E-state index contributed by atoms with van der Waals surface area (Å²) in [5.74, 6) is -1.56. The summed E-state index contributed by atoms with van der Waals surface area (Å²) < 4.78 is 0.